The van der Waals surface area contributed by atoms with Crippen LogP contribution in [-0.4, -0.2) is 20.4 Å². The minimum atomic E-state index is -4.27. The van der Waals surface area contributed by atoms with Crippen LogP contribution in [0.5, 0.6) is 5.75 Å². The second-order valence-electron chi connectivity index (χ2n) is 5.94. The molecule has 3 aromatic rings. The number of hydrazine groups is 1. The van der Waals surface area contributed by atoms with Gasteiger partial charge < -0.3 is 4.74 Å². The molecule has 0 aliphatic carbocycles. The average molecular weight is 406 g/mol. The van der Waals surface area contributed by atoms with Crippen LogP contribution in [0, 0.1) is 11.6 Å². The van der Waals surface area contributed by atoms with Gasteiger partial charge >= 0.3 is 0 Å². The standard InChI is InChI=1S/C19H16F2N2O4S/c1-12(27-15-7-6-13-4-2-3-5-14(13)10-15)19(24)22-23-28(25,26)16-8-9-17(20)18(21)11-16/h2-12,23H,1H3,(H,22,24)/t12-/m1/s1. The minimum Gasteiger partial charge on any atom is -0.481 e. The first-order valence-corrected chi connectivity index (χ1v) is 9.67. The summed E-state index contributed by atoms with van der Waals surface area (Å²) in [5, 5.41) is 1.93. The van der Waals surface area contributed by atoms with Crippen molar-refractivity contribution >= 4 is 26.7 Å². The van der Waals surface area contributed by atoms with Gasteiger partial charge in [-0.25, -0.2) is 17.2 Å². The lowest BCUT2D eigenvalue weighted by Gasteiger charge is -2.15. The highest BCUT2D eigenvalue weighted by molar-refractivity contribution is 7.89. The molecule has 3 rings (SSSR count). The number of carbonyl (C=O) groups excluding carboxylic acids is 1. The molecule has 0 saturated carbocycles. The smallest absolute Gasteiger partial charge is 0.275 e. The van der Waals surface area contributed by atoms with E-state index in [4.69, 9.17) is 4.74 Å². The van der Waals surface area contributed by atoms with Crippen molar-refractivity contribution in [1.29, 1.82) is 0 Å². The van der Waals surface area contributed by atoms with Gasteiger partial charge in [0.15, 0.2) is 17.7 Å². The molecular formula is C19H16F2N2O4S. The van der Waals surface area contributed by atoms with E-state index in [0.29, 0.717) is 17.9 Å². The Morgan fingerprint density at radius 1 is 0.964 bits per heavy atom. The summed E-state index contributed by atoms with van der Waals surface area (Å²) < 4.78 is 55.8. The van der Waals surface area contributed by atoms with Gasteiger partial charge in [-0.15, -0.1) is 4.83 Å². The maximum Gasteiger partial charge on any atom is 0.275 e. The van der Waals surface area contributed by atoms with E-state index in [1.54, 1.807) is 12.1 Å². The van der Waals surface area contributed by atoms with Crippen LogP contribution in [0.3, 0.4) is 0 Å². The van der Waals surface area contributed by atoms with Crippen molar-refractivity contribution in [3.8, 4) is 5.75 Å². The number of benzene rings is 3. The van der Waals surface area contributed by atoms with Gasteiger partial charge in [0.1, 0.15) is 5.75 Å². The number of halogens is 2. The Bertz CT molecular complexity index is 1140. The fraction of sp³-hybridized carbons (Fsp3) is 0.105. The van der Waals surface area contributed by atoms with Gasteiger partial charge in [0.25, 0.3) is 15.9 Å². The lowest BCUT2D eigenvalue weighted by Crippen LogP contribution is -2.47. The van der Waals surface area contributed by atoms with E-state index >= 15 is 0 Å². The highest BCUT2D eigenvalue weighted by Crippen LogP contribution is 2.21. The molecule has 0 radical (unpaired) electrons. The maximum atomic E-state index is 13.2. The van der Waals surface area contributed by atoms with Crippen LogP contribution < -0.4 is 15.0 Å². The van der Waals surface area contributed by atoms with E-state index in [9.17, 15) is 22.0 Å². The number of rotatable bonds is 6. The number of hydrogen-bond donors (Lipinski definition) is 2. The van der Waals surface area contributed by atoms with E-state index in [2.05, 4.69) is 0 Å². The second kappa shape index (κ2) is 7.91. The van der Waals surface area contributed by atoms with Gasteiger partial charge in [0.05, 0.1) is 4.90 Å². The van der Waals surface area contributed by atoms with Crippen LogP contribution in [0.4, 0.5) is 8.78 Å². The average Bonchev–Trinajstić information content (AvgIpc) is 2.68. The summed E-state index contributed by atoms with van der Waals surface area (Å²) in [5.41, 5.74) is 1.99. The number of hydrogen-bond acceptors (Lipinski definition) is 4. The number of carbonyl (C=O) groups is 1. The minimum absolute atomic E-state index is 0.435. The zero-order valence-electron chi connectivity index (χ0n) is 14.6. The van der Waals surface area contributed by atoms with Gasteiger partial charge in [0.2, 0.25) is 0 Å². The van der Waals surface area contributed by atoms with Crippen molar-refractivity contribution in [3.05, 3.63) is 72.3 Å². The van der Waals surface area contributed by atoms with Crippen LogP contribution >= 0.6 is 0 Å². The summed E-state index contributed by atoms with van der Waals surface area (Å²) in [6.45, 7) is 1.44. The first kappa shape index (κ1) is 19.7. The van der Waals surface area contributed by atoms with Crippen LogP contribution in [0.25, 0.3) is 10.8 Å². The van der Waals surface area contributed by atoms with Gasteiger partial charge in [-0.3, -0.25) is 10.2 Å². The zero-order valence-corrected chi connectivity index (χ0v) is 15.5. The topological polar surface area (TPSA) is 84.5 Å². The molecule has 0 spiro atoms. The van der Waals surface area contributed by atoms with Crippen LogP contribution in [0.15, 0.2) is 65.6 Å². The molecule has 0 fully saturated rings. The summed E-state index contributed by atoms with van der Waals surface area (Å²) >= 11 is 0. The summed E-state index contributed by atoms with van der Waals surface area (Å²) in [6, 6.07) is 14.9. The predicted molar refractivity (Wildman–Crippen MR) is 98.9 cm³/mol. The quantitative estimate of drug-likeness (QED) is 0.617. The summed E-state index contributed by atoms with van der Waals surface area (Å²) in [6.07, 6.45) is -1.02. The molecule has 0 saturated heterocycles. The Kier molecular flexibility index (Phi) is 5.57. The Morgan fingerprint density at radius 2 is 1.68 bits per heavy atom. The molecule has 0 aliphatic heterocycles. The van der Waals surface area contributed by atoms with E-state index in [-0.39, 0.29) is 0 Å². The van der Waals surface area contributed by atoms with E-state index in [1.165, 1.54) is 6.92 Å². The van der Waals surface area contributed by atoms with Crippen molar-refractivity contribution in [2.75, 3.05) is 0 Å². The van der Waals surface area contributed by atoms with Crippen molar-refractivity contribution in [1.82, 2.24) is 10.3 Å². The lowest BCUT2D eigenvalue weighted by atomic mass is 10.1. The molecule has 0 heterocycles. The molecule has 1 amide bonds. The molecule has 3 aromatic carbocycles. The number of amides is 1. The predicted octanol–water partition coefficient (Wildman–Crippen LogP) is 2.90. The molecule has 9 heteroatoms. The molecule has 28 heavy (non-hydrogen) atoms. The first-order chi connectivity index (χ1) is 13.3. The number of ether oxygens (including phenoxy) is 1. The van der Waals surface area contributed by atoms with Crippen molar-refractivity contribution in [3.63, 3.8) is 0 Å². The molecule has 6 nitrogen and oxygen atoms in total. The number of nitrogens with one attached hydrogen (secondary N) is 2. The van der Waals surface area contributed by atoms with Crippen LogP contribution in [0.1, 0.15) is 6.92 Å². The zero-order chi connectivity index (χ0) is 20.3. The maximum absolute atomic E-state index is 13.2. The van der Waals surface area contributed by atoms with Crippen molar-refractivity contribution in [2.24, 2.45) is 0 Å². The number of fused-ring (bicyclic) bond motifs is 1. The highest BCUT2D eigenvalue weighted by Gasteiger charge is 2.20. The number of sulfonamides is 1. The Morgan fingerprint density at radius 3 is 2.39 bits per heavy atom. The third-order valence-electron chi connectivity index (χ3n) is 3.91. The van der Waals surface area contributed by atoms with Crippen molar-refractivity contribution in [2.45, 2.75) is 17.9 Å². The van der Waals surface area contributed by atoms with E-state index in [1.807, 2.05) is 40.6 Å². The third kappa shape index (κ3) is 4.44. The lowest BCUT2D eigenvalue weighted by molar-refractivity contribution is -0.127. The van der Waals surface area contributed by atoms with E-state index in [0.717, 1.165) is 16.8 Å². The van der Waals surface area contributed by atoms with Crippen LogP contribution in [-0.2, 0) is 14.8 Å². The molecule has 146 valence electrons. The van der Waals surface area contributed by atoms with E-state index < -0.39 is 38.6 Å². The highest BCUT2D eigenvalue weighted by atomic mass is 32.2. The fourth-order valence-electron chi connectivity index (χ4n) is 2.42. The monoisotopic (exact) mass is 406 g/mol. The first-order valence-electron chi connectivity index (χ1n) is 8.18. The normalized spacial score (nSPS) is 12.5. The van der Waals surface area contributed by atoms with Gasteiger partial charge in [0, 0.05) is 0 Å². The third-order valence-corrected chi connectivity index (χ3v) is 5.16. The summed E-state index contributed by atoms with van der Waals surface area (Å²) in [7, 11) is -4.27. The Hall–Kier alpha value is -3.04. The van der Waals surface area contributed by atoms with Crippen molar-refractivity contribution < 1.29 is 26.7 Å². The van der Waals surface area contributed by atoms with Gasteiger partial charge in [-0.1, -0.05) is 30.3 Å². The van der Waals surface area contributed by atoms with Gasteiger partial charge in [-0.2, -0.15) is 0 Å². The molecule has 0 aliphatic rings. The molecule has 0 unspecified atom stereocenters. The summed E-state index contributed by atoms with van der Waals surface area (Å²) in [5.74, 6) is -2.83. The van der Waals surface area contributed by atoms with Gasteiger partial charge in [-0.05, 0) is 48.0 Å². The fourth-order valence-corrected chi connectivity index (χ4v) is 3.28. The molecule has 0 bridgehead atoms. The molecular weight excluding hydrogens is 390 g/mol. The Balaban J connectivity index is 1.63. The molecule has 1 atom stereocenters. The second-order valence-corrected chi connectivity index (χ2v) is 7.62. The SMILES string of the molecule is C[C@@H](Oc1ccc2ccccc2c1)C(=O)NNS(=O)(=O)c1ccc(F)c(F)c1. The molecule has 2 N–H and O–H groups in total. The largest absolute Gasteiger partial charge is 0.481 e. The molecule has 0 aromatic heterocycles. The van der Waals surface area contributed by atoms with Crippen LogP contribution in [0.2, 0.25) is 0 Å². The summed E-state index contributed by atoms with van der Waals surface area (Å²) in [4.78, 5) is 13.4. The Labute approximate surface area is 160 Å².